The Hall–Kier alpha value is -1.63. The van der Waals surface area contributed by atoms with E-state index in [4.69, 9.17) is 19.9 Å². The van der Waals surface area contributed by atoms with Crippen LogP contribution in [0.4, 0.5) is 11.4 Å². The van der Waals surface area contributed by atoms with E-state index in [1.54, 1.807) is 19.2 Å². The lowest BCUT2D eigenvalue weighted by Gasteiger charge is -2.09. The quantitative estimate of drug-likeness (QED) is 0.525. The molecule has 0 unspecified atom stereocenters. The molecule has 0 atom stereocenters. The molecule has 112 valence electrons. The largest absolute Gasteiger partial charge is 0.399 e. The van der Waals surface area contributed by atoms with Crippen LogP contribution in [-0.4, -0.2) is 46.1 Å². The highest BCUT2D eigenvalue weighted by Gasteiger charge is 2.05. The molecule has 3 N–H and O–H groups in total. The van der Waals surface area contributed by atoms with Crippen LogP contribution in [0, 0.1) is 6.92 Å². The topological polar surface area (TPSA) is 82.8 Å². The number of hydrogen-bond acceptors (Lipinski definition) is 5. The van der Waals surface area contributed by atoms with Gasteiger partial charge in [0.05, 0.1) is 26.4 Å². The summed E-state index contributed by atoms with van der Waals surface area (Å²) in [4.78, 5) is 11.7. The third kappa shape index (κ3) is 6.51. The molecule has 1 aromatic carbocycles. The molecular formula is C14H22N2O4. The number of carbonyl (C=O) groups excluding carboxylic acids is 1. The second-order valence-corrected chi connectivity index (χ2v) is 4.28. The Bertz CT molecular complexity index is 424. The first-order valence-corrected chi connectivity index (χ1v) is 6.44. The maximum Gasteiger partial charge on any atom is 0.250 e. The smallest absolute Gasteiger partial charge is 0.250 e. The van der Waals surface area contributed by atoms with Crippen LogP contribution in [0.25, 0.3) is 0 Å². The molecule has 0 aliphatic carbocycles. The van der Waals surface area contributed by atoms with Gasteiger partial charge in [-0.2, -0.15) is 0 Å². The molecule has 0 fully saturated rings. The summed E-state index contributed by atoms with van der Waals surface area (Å²) in [5.74, 6) is -0.212. The van der Waals surface area contributed by atoms with Crippen LogP contribution in [0.2, 0.25) is 0 Å². The number of nitrogens with two attached hydrogens (primary N) is 1. The molecule has 0 spiro atoms. The average molecular weight is 282 g/mol. The van der Waals surface area contributed by atoms with Gasteiger partial charge in [-0.05, 0) is 24.6 Å². The first-order valence-electron chi connectivity index (χ1n) is 6.44. The van der Waals surface area contributed by atoms with Crippen LogP contribution in [-0.2, 0) is 19.0 Å². The fourth-order valence-electron chi connectivity index (χ4n) is 1.49. The van der Waals surface area contributed by atoms with Crippen molar-refractivity contribution in [3.05, 3.63) is 23.8 Å². The lowest BCUT2D eigenvalue weighted by molar-refractivity contribution is -0.121. The zero-order valence-corrected chi connectivity index (χ0v) is 12.0. The first kappa shape index (κ1) is 16.4. The molecule has 20 heavy (non-hydrogen) atoms. The number of anilines is 2. The van der Waals surface area contributed by atoms with Gasteiger partial charge in [0.15, 0.2) is 0 Å². The molecule has 1 aromatic rings. The fraction of sp³-hybridized carbons (Fsp3) is 0.500. The van der Waals surface area contributed by atoms with Crippen LogP contribution in [0.5, 0.6) is 0 Å². The van der Waals surface area contributed by atoms with Crippen molar-refractivity contribution in [3.8, 4) is 0 Å². The van der Waals surface area contributed by atoms with Crippen molar-refractivity contribution < 1.29 is 19.0 Å². The summed E-state index contributed by atoms with van der Waals surface area (Å²) in [7, 11) is 1.61. The van der Waals surface area contributed by atoms with Crippen LogP contribution in [0.1, 0.15) is 5.56 Å². The Balaban J connectivity index is 2.19. The van der Waals surface area contributed by atoms with E-state index in [1.165, 1.54) is 0 Å². The summed E-state index contributed by atoms with van der Waals surface area (Å²) in [5, 5.41) is 2.76. The minimum Gasteiger partial charge on any atom is -0.399 e. The number of methoxy groups -OCH3 is 1. The second kappa shape index (κ2) is 9.30. The number of amides is 1. The van der Waals surface area contributed by atoms with E-state index in [0.717, 1.165) is 5.56 Å². The highest BCUT2D eigenvalue weighted by atomic mass is 16.5. The summed E-state index contributed by atoms with van der Waals surface area (Å²) >= 11 is 0. The molecule has 1 rings (SSSR count). The van der Waals surface area contributed by atoms with Crippen molar-refractivity contribution in [2.45, 2.75) is 6.92 Å². The number of carbonyl (C=O) groups is 1. The average Bonchev–Trinajstić information content (AvgIpc) is 2.42. The van der Waals surface area contributed by atoms with Crippen molar-refractivity contribution in [2.75, 3.05) is 51.2 Å². The number of nitrogens with one attached hydrogen (secondary N) is 1. The Kier molecular flexibility index (Phi) is 7.64. The summed E-state index contributed by atoms with van der Waals surface area (Å²) < 4.78 is 15.3. The lowest BCUT2D eigenvalue weighted by atomic mass is 10.2. The van der Waals surface area contributed by atoms with Crippen molar-refractivity contribution in [2.24, 2.45) is 0 Å². The van der Waals surface area contributed by atoms with E-state index in [0.29, 0.717) is 37.8 Å². The van der Waals surface area contributed by atoms with Crippen molar-refractivity contribution in [1.29, 1.82) is 0 Å². The summed E-state index contributed by atoms with van der Waals surface area (Å²) in [6.45, 7) is 3.77. The summed E-state index contributed by atoms with van der Waals surface area (Å²) in [6, 6.07) is 5.37. The van der Waals surface area contributed by atoms with Gasteiger partial charge in [-0.1, -0.05) is 6.07 Å². The maximum absolute atomic E-state index is 11.7. The van der Waals surface area contributed by atoms with Gasteiger partial charge < -0.3 is 25.3 Å². The molecular weight excluding hydrogens is 260 g/mol. The number of aryl methyl sites for hydroxylation is 1. The molecule has 0 saturated carbocycles. The van der Waals surface area contributed by atoms with E-state index >= 15 is 0 Å². The number of rotatable bonds is 9. The van der Waals surface area contributed by atoms with Gasteiger partial charge in [-0.3, -0.25) is 4.79 Å². The highest BCUT2D eigenvalue weighted by molar-refractivity contribution is 5.92. The molecule has 6 heteroatoms. The van der Waals surface area contributed by atoms with Crippen molar-refractivity contribution >= 4 is 17.3 Å². The van der Waals surface area contributed by atoms with Gasteiger partial charge in [0.2, 0.25) is 5.91 Å². The zero-order chi connectivity index (χ0) is 14.8. The van der Waals surface area contributed by atoms with Gasteiger partial charge >= 0.3 is 0 Å². The number of hydrogen-bond donors (Lipinski definition) is 2. The Labute approximate surface area is 119 Å². The predicted octanol–water partition coefficient (Wildman–Crippen LogP) is 1.20. The number of ether oxygens (including phenoxy) is 3. The lowest BCUT2D eigenvalue weighted by Crippen LogP contribution is -2.20. The van der Waals surface area contributed by atoms with Gasteiger partial charge in [-0.25, -0.2) is 0 Å². The predicted molar refractivity (Wildman–Crippen MR) is 77.7 cm³/mol. The van der Waals surface area contributed by atoms with Crippen LogP contribution < -0.4 is 11.1 Å². The van der Waals surface area contributed by atoms with Crippen LogP contribution >= 0.6 is 0 Å². The second-order valence-electron chi connectivity index (χ2n) is 4.28. The number of nitrogen functional groups attached to an aromatic ring is 1. The minimum atomic E-state index is -0.212. The molecule has 0 aliphatic rings. The highest BCUT2D eigenvalue weighted by Crippen LogP contribution is 2.17. The van der Waals surface area contributed by atoms with Gasteiger partial charge in [0.1, 0.15) is 6.61 Å². The van der Waals surface area contributed by atoms with E-state index in [9.17, 15) is 4.79 Å². The summed E-state index contributed by atoms with van der Waals surface area (Å²) in [5.41, 5.74) is 7.94. The SMILES string of the molecule is COCCOCCOCC(=O)Nc1cc(N)ccc1C. The Morgan fingerprint density at radius 2 is 1.90 bits per heavy atom. The normalized spacial score (nSPS) is 10.5. The van der Waals surface area contributed by atoms with Crippen LogP contribution in [0.15, 0.2) is 18.2 Å². The molecule has 6 nitrogen and oxygen atoms in total. The molecule has 0 aromatic heterocycles. The number of benzene rings is 1. The third-order valence-corrected chi connectivity index (χ3v) is 2.57. The van der Waals surface area contributed by atoms with Crippen LogP contribution in [0.3, 0.4) is 0 Å². The van der Waals surface area contributed by atoms with Gasteiger partial charge in [-0.15, -0.1) is 0 Å². The molecule has 0 heterocycles. The molecule has 0 radical (unpaired) electrons. The standard InChI is InChI=1S/C14H22N2O4/c1-11-3-4-12(15)9-13(11)16-14(17)10-20-8-7-19-6-5-18-2/h3-4,9H,5-8,10,15H2,1-2H3,(H,16,17). The first-order chi connectivity index (χ1) is 9.63. The van der Waals surface area contributed by atoms with Gasteiger partial charge in [0, 0.05) is 18.5 Å². The molecule has 0 saturated heterocycles. The minimum absolute atomic E-state index is 0.0120. The Morgan fingerprint density at radius 3 is 2.65 bits per heavy atom. The third-order valence-electron chi connectivity index (χ3n) is 2.57. The molecule has 1 amide bonds. The maximum atomic E-state index is 11.7. The van der Waals surface area contributed by atoms with E-state index < -0.39 is 0 Å². The summed E-state index contributed by atoms with van der Waals surface area (Å²) in [6.07, 6.45) is 0. The molecule has 0 bridgehead atoms. The monoisotopic (exact) mass is 282 g/mol. The van der Waals surface area contributed by atoms with E-state index in [1.807, 2.05) is 13.0 Å². The van der Waals surface area contributed by atoms with Crippen molar-refractivity contribution in [1.82, 2.24) is 0 Å². The fourth-order valence-corrected chi connectivity index (χ4v) is 1.49. The molecule has 0 aliphatic heterocycles. The van der Waals surface area contributed by atoms with Gasteiger partial charge in [0.25, 0.3) is 0 Å². The van der Waals surface area contributed by atoms with E-state index in [2.05, 4.69) is 5.32 Å². The zero-order valence-electron chi connectivity index (χ0n) is 12.0. The Morgan fingerprint density at radius 1 is 1.20 bits per heavy atom. The van der Waals surface area contributed by atoms with E-state index in [-0.39, 0.29) is 12.5 Å². The van der Waals surface area contributed by atoms with Crippen molar-refractivity contribution in [3.63, 3.8) is 0 Å².